The summed E-state index contributed by atoms with van der Waals surface area (Å²) in [7, 11) is 0. The molecule has 2 N–H and O–H groups in total. The van der Waals surface area contributed by atoms with E-state index in [1.807, 2.05) is 13.0 Å². The molecule has 20 heavy (non-hydrogen) atoms. The number of hydrogen-bond donors (Lipinski definition) is 1. The van der Waals surface area contributed by atoms with Crippen LogP contribution >= 0.6 is 12.4 Å². The Labute approximate surface area is 124 Å². The molecule has 0 saturated carbocycles. The van der Waals surface area contributed by atoms with Crippen LogP contribution in [0.5, 0.6) is 0 Å². The number of hydrogen-bond acceptors (Lipinski definition) is 3. The van der Waals surface area contributed by atoms with E-state index in [9.17, 15) is 9.18 Å². The smallest absolute Gasteiger partial charge is 0.224 e. The molecule has 1 fully saturated rings. The van der Waals surface area contributed by atoms with Crippen molar-refractivity contribution < 1.29 is 13.9 Å². The Morgan fingerprint density at radius 1 is 1.60 bits per heavy atom. The Morgan fingerprint density at radius 3 is 3.00 bits per heavy atom. The molecule has 1 amide bonds. The number of carbonyl (C=O) groups is 1. The van der Waals surface area contributed by atoms with Crippen molar-refractivity contribution in [3.8, 4) is 0 Å². The van der Waals surface area contributed by atoms with E-state index in [4.69, 9.17) is 10.5 Å². The molecule has 1 heterocycles. The zero-order valence-electron chi connectivity index (χ0n) is 11.4. The van der Waals surface area contributed by atoms with E-state index in [2.05, 4.69) is 0 Å². The first-order valence-corrected chi connectivity index (χ1v) is 6.46. The highest BCUT2D eigenvalue weighted by atomic mass is 35.5. The zero-order valence-corrected chi connectivity index (χ0v) is 12.2. The Bertz CT molecular complexity index is 457. The summed E-state index contributed by atoms with van der Waals surface area (Å²) in [4.78, 5) is 13.7. The Hall–Kier alpha value is -1.17. The predicted octanol–water partition coefficient (Wildman–Crippen LogP) is 1.88. The molecule has 112 valence electrons. The second kappa shape index (κ2) is 7.57. The van der Waals surface area contributed by atoms with Gasteiger partial charge in [-0.15, -0.1) is 12.4 Å². The minimum atomic E-state index is -0.292. The monoisotopic (exact) mass is 302 g/mol. The van der Waals surface area contributed by atoms with Gasteiger partial charge in [0, 0.05) is 19.0 Å². The molecule has 0 aliphatic carbocycles. The molecule has 1 aromatic rings. The van der Waals surface area contributed by atoms with Crippen molar-refractivity contribution in [1.82, 2.24) is 4.90 Å². The van der Waals surface area contributed by atoms with Gasteiger partial charge >= 0.3 is 0 Å². The van der Waals surface area contributed by atoms with Gasteiger partial charge in [-0.2, -0.15) is 0 Å². The van der Waals surface area contributed by atoms with E-state index in [1.54, 1.807) is 11.0 Å². The Morgan fingerprint density at radius 2 is 2.35 bits per heavy atom. The lowest BCUT2D eigenvalue weighted by atomic mass is 10.1. The highest BCUT2D eigenvalue weighted by molar-refractivity contribution is 5.85. The van der Waals surface area contributed by atoms with Crippen LogP contribution in [-0.4, -0.2) is 36.5 Å². The molecule has 0 bridgehead atoms. The molecule has 1 aliphatic heterocycles. The van der Waals surface area contributed by atoms with Crippen LogP contribution in [0.2, 0.25) is 0 Å². The minimum absolute atomic E-state index is 0. The summed E-state index contributed by atoms with van der Waals surface area (Å²) in [5, 5.41) is 0. The molecular formula is C14H20ClFN2O2. The number of ether oxygens (including phenoxy) is 1. The lowest BCUT2D eigenvalue weighted by Gasteiger charge is -2.33. The zero-order chi connectivity index (χ0) is 13.8. The van der Waals surface area contributed by atoms with Crippen molar-refractivity contribution in [2.24, 2.45) is 5.73 Å². The molecule has 0 aromatic heterocycles. The third kappa shape index (κ3) is 4.44. The largest absolute Gasteiger partial charge is 0.370 e. The van der Waals surface area contributed by atoms with Gasteiger partial charge in [-0.3, -0.25) is 4.79 Å². The Kier molecular flexibility index (Phi) is 6.39. The van der Waals surface area contributed by atoms with Crippen LogP contribution < -0.4 is 5.73 Å². The van der Waals surface area contributed by atoms with Gasteiger partial charge in [0.2, 0.25) is 5.91 Å². The van der Waals surface area contributed by atoms with E-state index in [-0.39, 0.29) is 36.3 Å². The van der Waals surface area contributed by atoms with Gasteiger partial charge in [-0.05, 0) is 24.6 Å². The number of amides is 1. The predicted molar refractivity (Wildman–Crippen MR) is 77.2 cm³/mol. The molecule has 2 rings (SSSR count). The molecule has 2 atom stereocenters. The van der Waals surface area contributed by atoms with Gasteiger partial charge in [0.15, 0.2) is 0 Å². The van der Waals surface area contributed by atoms with Crippen molar-refractivity contribution in [2.75, 3.05) is 19.7 Å². The highest BCUT2D eigenvalue weighted by Gasteiger charge is 2.25. The number of benzene rings is 1. The van der Waals surface area contributed by atoms with Crippen molar-refractivity contribution in [1.29, 1.82) is 0 Å². The van der Waals surface area contributed by atoms with Crippen LogP contribution in [0.1, 0.15) is 25.0 Å². The molecule has 0 spiro atoms. The van der Waals surface area contributed by atoms with E-state index in [0.717, 1.165) is 5.56 Å². The summed E-state index contributed by atoms with van der Waals surface area (Å²) in [5.74, 6) is -0.264. The number of rotatable bonds is 3. The summed E-state index contributed by atoms with van der Waals surface area (Å²) < 4.78 is 18.8. The summed E-state index contributed by atoms with van der Waals surface area (Å²) in [6.07, 6.45) is 0.0667. The standard InChI is InChI=1S/C14H19FN2O2.ClH/c1-10(16)7-14(18)17-5-6-19-13(9-17)11-3-2-4-12(15)8-11;/h2-4,8,10,13H,5-7,9,16H2,1H3;1H. The van der Waals surface area contributed by atoms with Crippen LogP contribution in [0.15, 0.2) is 24.3 Å². The number of nitrogens with zero attached hydrogens (tertiary/aromatic N) is 1. The first-order valence-electron chi connectivity index (χ1n) is 6.46. The molecule has 0 radical (unpaired) electrons. The number of carbonyl (C=O) groups excluding carboxylic acids is 1. The van der Waals surface area contributed by atoms with Crippen LogP contribution in [0.4, 0.5) is 4.39 Å². The molecule has 2 unspecified atom stereocenters. The summed E-state index contributed by atoms with van der Waals surface area (Å²) in [6, 6.07) is 6.16. The summed E-state index contributed by atoms with van der Waals surface area (Å²) >= 11 is 0. The third-order valence-electron chi connectivity index (χ3n) is 3.14. The first-order chi connectivity index (χ1) is 9.06. The van der Waals surface area contributed by atoms with Crippen molar-refractivity contribution >= 4 is 18.3 Å². The normalized spacial score (nSPS) is 20.1. The van der Waals surface area contributed by atoms with Gasteiger partial charge in [-0.25, -0.2) is 4.39 Å². The van der Waals surface area contributed by atoms with E-state index >= 15 is 0 Å². The van der Waals surface area contributed by atoms with Gasteiger partial charge in [0.1, 0.15) is 11.9 Å². The van der Waals surface area contributed by atoms with Crippen LogP contribution in [0.3, 0.4) is 0 Å². The van der Waals surface area contributed by atoms with Gasteiger partial charge in [0.05, 0.1) is 13.2 Å². The van der Waals surface area contributed by atoms with Crippen molar-refractivity contribution in [2.45, 2.75) is 25.5 Å². The number of nitrogens with two attached hydrogens (primary N) is 1. The minimum Gasteiger partial charge on any atom is -0.370 e. The fourth-order valence-corrected chi connectivity index (χ4v) is 2.19. The Balaban J connectivity index is 0.00000200. The van der Waals surface area contributed by atoms with E-state index in [0.29, 0.717) is 26.1 Å². The number of morpholine rings is 1. The van der Waals surface area contributed by atoms with E-state index in [1.165, 1.54) is 12.1 Å². The van der Waals surface area contributed by atoms with Gasteiger partial charge < -0.3 is 15.4 Å². The fraction of sp³-hybridized carbons (Fsp3) is 0.500. The molecule has 1 aliphatic rings. The first kappa shape index (κ1) is 16.9. The second-order valence-electron chi connectivity index (χ2n) is 4.94. The fourth-order valence-electron chi connectivity index (χ4n) is 2.19. The van der Waals surface area contributed by atoms with Crippen molar-refractivity contribution in [3.63, 3.8) is 0 Å². The van der Waals surface area contributed by atoms with Crippen LogP contribution in [-0.2, 0) is 9.53 Å². The molecule has 4 nitrogen and oxygen atoms in total. The lowest BCUT2D eigenvalue weighted by Crippen LogP contribution is -2.43. The summed E-state index contributed by atoms with van der Waals surface area (Å²) in [6.45, 7) is 3.29. The average molecular weight is 303 g/mol. The van der Waals surface area contributed by atoms with Gasteiger partial charge in [0.25, 0.3) is 0 Å². The molecule has 6 heteroatoms. The summed E-state index contributed by atoms with van der Waals surface area (Å²) in [5.41, 5.74) is 6.40. The quantitative estimate of drug-likeness (QED) is 0.927. The van der Waals surface area contributed by atoms with Crippen LogP contribution in [0.25, 0.3) is 0 Å². The molecule has 1 aromatic carbocycles. The maximum atomic E-state index is 13.2. The second-order valence-corrected chi connectivity index (χ2v) is 4.94. The maximum absolute atomic E-state index is 13.2. The maximum Gasteiger partial charge on any atom is 0.224 e. The topological polar surface area (TPSA) is 55.6 Å². The molecule has 1 saturated heterocycles. The third-order valence-corrected chi connectivity index (χ3v) is 3.14. The van der Waals surface area contributed by atoms with E-state index < -0.39 is 0 Å². The highest BCUT2D eigenvalue weighted by Crippen LogP contribution is 2.23. The number of halogens is 2. The average Bonchev–Trinajstić information content (AvgIpc) is 2.38. The van der Waals surface area contributed by atoms with Crippen LogP contribution in [0, 0.1) is 5.82 Å². The van der Waals surface area contributed by atoms with Crippen molar-refractivity contribution in [3.05, 3.63) is 35.6 Å². The SMILES string of the molecule is CC(N)CC(=O)N1CCOC(c2cccc(F)c2)C1.Cl. The van der Waals surface area contributed by atoms with Gasteiger partial charge in [-0.1, -0.05) is 12.1 Å². The lowest BCUT2D eigenvalue weighted by molar-refractivity contribution is -0.139. The molecular weight excluding hydrogens is 283 g/mol.